The number of amides is 2. The van der Waals surface area contributed by atoms with Crippen molar-refractivity contribution in [2.75, 3.05) is 32.7 Å². The minimum absolute atomic E-state index is 0.0944. The number of carbonyl (C=O) groups is 1. The number of thiophene rings is 1. The first-order chi connectivity index (χ1) is 10.2. The van der Waals surface area contributed by atoms with Gasteiger partial charge in [0.25, 0.3) is 0 Å². The number of fused-ring (bicyclic) bond motifs is 1. The first kappa shape index (κ1) is 14.9. The van der Waals surface area contributed by atoms with Gasteiger partial charge in [-0.05, 0) is 48.7 Å². The van der Waals surface area contributed by atoms with Gasteiger partial charge in [-0.15, -0.1) is 11.3 Å². The Morgan fingerprint density at radius 1 is 1.48 bits per heavy atom. The lowest BCUT2D eigenvalue weighted by molar-refractivity contribution is 0.174. The van der Waals surface area contributed by atoms with Crippen LogP contribution in [0.15, 0.2) is 11.4 Å². The Hall–Kier alpha value is -1.07. The summed E-state index contributed by atoms with van der Waals surface area (Å²) in [6.07, 6.45) is 3.64. The molecular weight excluding hydrogens is 282 g/mol. The van der Waals surface area contributed by atoms with Crippen molar-refractivity contribution in [1.82, 2.24) is 15.1 Å². The van der Waals surface area contributed by atoms with E-state index in [0.717, 1.165) is 38.5 Å². The Labute approximate surface area is 131 Å². The zero-order valence-electron chi connectivity index (χ0n) is 12.8. The van der Waals surface area contributed by atoms with E-state index >= 15 is 0 Å². The van der Waals surface area contributed by atoms with Crippen molar-refractivity contribution < 1.29 is 4.79 Å². The normalized spacial score (nSPS) is 22.9. The molecule has 0 aromatic carbocycles. The second-order valence-electron chi connectivity index (χ2n) is 6.32. The number of urea groups is 1. The summed E-state index contributed by atoms with van der Waals surface area (Å²) in [4.78, 5) is 18.1. The van der Waals surface area contributed by atoms with E-state index in [9.17, 15) is 4.79 Å². The predicted molar refractivity (Wildman–Crippen MR) is 86.7 cm³/mol. The van der Waals surface area contributed by atoms with E-state index in [2.05, 4.69) is 28.6 Å². The molecule has 1 aromatic rings. The topological polar surface area (TPSA) is 35.6 Å². The van der Waals surface area contributed by atoms with Crippen molar-refractivity contribution in [2.45, 2.75) is 32.7 Å². The van der Waals surface area contributed by atoms with Crippen molar-refractivity contribution in [3.8, 4) is 0 Å². The first-order valence-electron chi connectivity index (χ1n) is 8.03. The van der Waals surface area contributed by atoms with Gasteiger partial charge in [0.1, 0.15) is 0 Å². The van der Waals surface area contributed by atoms with Crippen LogP contribution in [-0.4, -0.2) is 48.6 Å². The van der Waals surface area contributed by atoms with Crippen LogP contribution in [0.25, 0.3) is 0 Å². The third kappa shape index (κ3) is 3.77. The van der Waals surface area contributed by atoms with Gasteiger partial charge in [-0.1, -0.05) is 6.92 Å². The Bertz CT molecular complexity index is 488. The van der Waals surface area contributed by atoms with Crippen LogP contribution in [0.3, 0.4) is 0 Å². The zero-order valence-corrected chi connectivity index (χ0v) is 13.6. The number of nitrogens with zero attached hydrogens (tertiary/aromatic N) is 2. The molecule has 1 unspecified atom stereocenters. The summed E-state index contributed by atoms with van der Waals surface area (Å²) in [6.45, 7) is 8.04. The molecular formula is C16H25N3OS. The average molecular weight is 307 g/mol. The van der Waals surface area contributed by atoms with Crippen LogP contribution in [0.2, 0.25) is 0 Å². The van der Waals surface area contributed by atoms with Gasteiger partial charge in [0.15, 0.2) is 0 Å². The summed E-state index contributed by atoms with van der Waals surface area (Å²) in [5, 5.41) is 5.21. The van der Waals surface area contributed by atoms with E-state index in [1.807, 2.05) is 16.2 Å². The van der Waals surface area contributed by atoms with Gasteiger partial charge >= 0.3 is 6.03 Å². The van der Waals surface area contributed by atoms with Gasteiger partial charge in [-0.3, -0.25) is 0 Å². The maximum atomic E-state index is 12.2. The molecule has 3 heterocycles. The monoisotopic (exact) mass is 307 g/mol. The molecule has 5 heteroatoms. The molecule has 0 spiro atoms. The van der Waals surface area contributed by atoms with Crippen molar-refractivity contribution in [3.63, 3.8) is 0 Å². The van der Waals surface area contributed by atoms with Crippen molar-refractivity contribution in [3.05, 3.63) is 21.9 Å². The fourth-order valence-corrected chi connectivity index (χ4v) is 4.23. The standard InChI is InChI=1S/C16H25N3OS/c1-13-3-2-7-18(11-13)9-6-17-16(20)19-8-4-15-14(12-19)5-10-21-15/h5,10,13H,2-4,6-9,11-12H2,1H3,(H,17,20). The van der Waals surface area contributed by atoms with Gasteiger partial charge < -0.3 is 15.1 Å². The van der Waals surface area contributed by atoms with Crippen LogP contribution in [-0.2, 0) is 13.0 Å². The van der Waals surface area contributed by atoms with Gasteiger partial charge in [-0.2, -0.15) is 0 Å². The molecule has 2 aliphatic rings. The summed E-state index contributed by atoms with van der Waals surface area (Å²) in [6, 6.07) is 2.24. The molecule has 0 aliphatic carbocycles. The van der Waals surface area contributed by atoms with E-state index < -0.39 is 0 Å². The van der Waals surface area contributed by atoms with Crippen molar-refractivity contribution >= 4 is 17.4 Å². The Morgan fingerprint density at radius 2 is 2.38 bits per heavy atom. The van der Waals surface area contributed by atoms with Gasteiger partial charge in [0, 0.05) is 37.6 Å². The Balaban J connectivity index is 1.41. The Morgan fingerprint density at radius 3 is 3.24 bits per heavy atom. The molecule has 0 bridgehead atoms. The molecule has 21 heavy (non-hydrogen) atoms. The molecule has 0 saturated carbocycles. The molecule has 1 fully saturated rings. The SMILES string of the molecule is CC1CCCN(CCNC(=O)N2CCc3sccc3C2)C1. The van der Waals surface area contributed by atoms with Gasteiger partial charge in [0.2, 0.25) is 0 Å². The van der Waals surface area contributed by atoms with Crippen LogP contribution >= 0.6 is 11.3 Å². The molecule has 1 saturated heterocycles. The van der Waals surface area contributed by atoms with Crippen molar-refractivity contribution in [1.29, 1.82) is 0 Å². The molecule has 116 valence electrons. The second kappa shape index (κ2) is 6.79. The highest BCUT2D eigenvalue weighted by atomic mass is 32.1. The number of piperidine rings is 1. The minimum Gasteiger partial charge on any atom is -0.337 e. The summed E-state index contributed by atoms with van der Waals surface area (Å²) < 4.78 is 0. The first-order valence-corrected chi connectivity index (χ1v) is 8.90. The number of nitrogens with one attached hydrogen (secondary N) is 1. The molecule has 0 radical (unpaired) electrons. The van der Waals surface area contributed by atoms with E-state index in [0.29, 0.717) is 0 Å². The highest BCUT2D eigenvalue weighted by molar-refractivity contribution is 7.10. The second-order valence-corrected chi connectivity index (χ2v) is 7.32. The maximum absolute atomic E-state index is 12.2. The van der Waals surface area contributed by atoms with Crippen LogP contribution in [0, 0.1) is 5.92 Å². The van der Waals surface area contributed by atoms with Crippen LogP contribution < -0.4 is 5.32 Å². The van der Waals surface area contributed by atoms with E-state index in [-0.39, 0.29) is 6.03 Å². The fourth-order valence-electron chi connectivity index (χ4n) is 3.34. The van der Waals surface area contributed by atoms with E-state index in [1.54, 1.807) is 0 Å². The van der Waals surface area contributed by atoms with Crippen molar-refractivity contribution in [2.24, 2.45) is 5.92 Å². The van der Waals surface area contributed by atoms with E-state index in [1.165, 1.54) is 36.4 Å². The van der Waals surface area contributed by atoms with E-state index in [4.69, 9.17) is 0 Å². The predicted octanol–water partition coefficient (Wildman–Crippen LogP) is 2.55. The summed E-state index contributed by atoms with van der Waals surface area (Å²) in [5.74, 6) is 0.800. The molecule has 1 atom stereocenters. The molecule has 2 aliphatic heterocycles. The maximum Gasteiger partial charge on any atom is 0.317 e. The summed E-state index contributed by atoms with van der Waals surface area (Å²) >= 11 is 1.81. The highest BCUT2D eigenvalue weighted by Gasteiger charge is 2.21. The minimum atomic E-state index is 0.0944. The number of likely N-dealkylation sites (tertiary alicyclic amines) is 1. The van der Waals surface area contributed by atoms with Crippen LogP contribution in [0.5, 0.6) is 0 Å². The number of hydrogen-bond acceptors (Lipinski definition) is 3. The molecule has 1 aromatic heterocycles. The lowest BCUT2D eigenvalue weighted by Gasteiger charge is -2.31. The number of hydrogen-bond donors (Lipinski definition) is 1. The van der Waals surface area contributed by atoms with Crippen LogP contribution in [0.4, 0.5) is 4.79 Å². The smallest absolute Gasteiger partial charge is 0.317 e. The average Bonchev–Trinajstić information content (AvgIpc) is 2.94. The molecule has 2 amide bonds. The highest BCUT2D eigenvalue weighted by Crippen LogP contribution is 2.23. The fraction of sp³-hybridized carbons (Fsp3) is 0.688. The Kier molecular flexibility index (Phi) is 4.80. The summed E-state index contributed by atoms with van der Waals surface area (Å²) in [5.41, 5.74) is 1.33. The van der Waals surface area contributed by atoms with Gasteiger partial charge in [0.05, 0.1) is 0 Å². The molecule has 3 rings (SSSR count). The molecule has 4 nitrogen and oxygen atoms in total. The quantitative estimate of drug-likeness (QED) is 0.931. The zero-order chi connectivity index (χ0) is 14.7. The third-order valence-corrected chi connectivity index (χ3v) is 5.56. The van der Waals surface area contributed by atoms with Gasteiger partial charge in [-0.25, -0.2) is 4.79 Å². The lowest BCUT2D eigenvalue weighted by atomic mass is 10.0. The largest absolute Gasteiger partial charge is 0.337 e. The number of carbonyl (C=O) groups excluding carboxylic acids is 1. The summed E-state index contributed by atoms with van der Waals surface area (Å²) in [7, 11) is 0. The third-order valence-electron chi connectivity index (χ3n) is 4.54. The molecule has 1 N–H and O–H groups in total. The lowest BCUT2D eigenvalue weighted by Crippen LogP contribution is -2.45. The van der Waals surface area contributed by atoms with Crippen LogP contribution in [0.1, 0.15) is 30.2 Å². The number of rotatable bonds is 3.